The zero-order chi connectivity index (χ0) is 61.4. The molecule has 5 heterocycles. The van der Waals surface area contributed by atoms with E-state index < -0.39 is 5.41 Å². The second kappa shape index (κ2) is 18.3. The Morgan fingerprint density at radius 2 is 0.931 bits per heavy atom. The Morgan fingerprint density at radius 3 is 1.51 bits per heavy atom. The van der Waals surface area contributed by atoms with Gasteiger partial charge in [-0.25, -0.2) is 0 Å². The van der Waals surface area contributed by atoms with Gasteiger partial charge in [-0.1, -0.05) is 223 Å². The fraction of sp³-hybridized carbons (Fsp3) is 0.349. The van der Waals surface area contributed by atoms with E-state index >= 15 is 0 Å². The number of aromatic nitrogens is 2. The fourth-order valence-electron chi connectivity index (χ4n) is 16.1. The van der Waals surface area contributed by atoms with Crippen LogP contribution >= 0.6 is 0 Å². The quantitative estimate of drug-likeness (QED) is 0.145. The minimum absolute atomic E-state index is 0.0631. The molecule has 4 aliphatic rings. The summed E-state index contributed by atoms with van der Waals surface area (Å²) in [5.41, 5.74) is 34.0. The number of fused-ring (bicyclic) bond motifs is 14. The topological polar surface area (TPSA) is 13.1 Å². The first-order valence-electron chi connectivity index (χ1n) is 32.8. The van der Waals surface area contributed by atoms with Gasteiger partial charge in [0.05, 0.1) is 27.7 Å². The highest BCUT2D eigenvalue weighted by Crippen LogP contribution is 2.63. The molecule has 0 radical (unpaired) electrons. The molecule has 1 aliphatic carbocycles. The average molecular weight is 1140 g/mol. The van der Waals surface area contributed by atoms with E-state index in [4.69, 9.17) is 0 Å². The van der Waals surface area contributed by atoms with Crippen LogP contribution in [0.15, 0.2) is 146 Å². The molecule has 0 bridgehead atoms. The second-order valence-electron chi connectivity index (χ2n) is 32.2. The van der Waals surface area contributed by atoms with Crippen molar-refractivity contribution in [3.05, 3.63) is 212 Å². The summed E-state index contributed by atoms with van der Waals surface area (Å²) in [6.07, 6.45) is 0. The largest absolute Gasteiger partial charge is 0.310 e. The molecule has 0 N–H and O–H groups in total. The Hall–Kier alpha value is -7.56. The smallest absolute Gasteiger partial charge is 0.252 e. The number of benzene rings is 9. The summed E-state index contributed by atoms with van der Waals surface area (Å²) in [6, 6.07) is 60.3. The van der Waals surface area contributed by atoms with Crippen molar-refractivity contribution in [1.82, 2.24) is 9.13 Å². The number of rotatable bonds is 7. The van der Waals surface area contributed by atoms with Gasteiger partial charge < -0.3 is 14.0 Å². The summed E-state index contributed by atoms with van der Waals surface area (Å²) in [5.74, 6) is 1.45. The van der Waals surface area contributed by atoms with Crippen molar-refractivity contribution < 1.29 is 0 Å². The zero-order valence-corrected chi connectivity index (χ0v) is 55.6. The third kappa shape index (κ3) is 7.74. The van der Waals surface area contributed by atoms with Gasteiger partial charge in [0, 0.05) is 49.8 Å². The first-order valence-corrected chi connectivity index (χ1v) is 32.8. The SMILES string of the molecule is CC(C)c1cccc(N(c2cc(C(C)C)cc(C(C)C)c2)c2ccc3c4c2c2cc(C(C)C)ccc2n4-c2ccc4c5c2B3c2cc(C(C)(C)C)cc3c6cc(C(C)(C)C)cc(c6n-5c23)C42c3cc(C(C)(C)C)ccc3-c3ccc(C(C)(C)C)cc32)c1. The maximum absolute atomic E-state index is 2.82. The van der Waals surface area contributed by atoms with Crippen molar-refractivity contribution in [3.63, 3.8) is 0 Å². The van der Waals surface area contributed by atoms with Crippen LogP contribution in [-0.4, -0.2) is 15.8 Å². The van der Waals surface area contributed by atoms with E-state index in [1.807, 2.05) is 0 Å². The van der Waals surface area contributed by atoms with Gasteiger partial charge in [0.1, 0.15) is 0 Å². The minimum atomic E-state index is -0.634. The number of hydrogen-bond acceptors (Lipinski definition) is 1. The first kappa shape index (κ1) is 56.0. The molecule has 4 heteroatoms. The lowest BCUT2D eigenvalue weighted by Crippen LogP contribution is -2.60. The lowest BCUT2D eigenvalue weighted by Gasteiger charge is -2.45. The van der Waals surface area contributed by atoms with Crippen LogP contribution in [0.2, 0.25) is 0 Å². The van der Waals surface area contributed by atoms with E-state index in [0.717, 1.165) is 0 Å². The Labute approximate surface area is 518 Å². The number of nitrogens with zero attached hydrogens (tertiary/aromatic N) is 3. The lowest BCUT2D eigenvalue weighted by molar-refractivity contribution is 0.583. The summed E-state index contributed by atoms with van der Waals surface area (Å²) in [7, 11) is 0. The van der Waals surface area contributed by atoms with Crippen LogP contribution in [-0.2, 0) is 27.1 Å². The number of anilines is 3. The molecule has 2 aromatic heterocycles. The summed E-state index contributed by atoms with van der Waals surface area (Å²) in [5, 5.41) is 5.36. The second-order valence-corrected chi connectivity index (χ2v) is 32.2. The summed E-state index contributed by atoms with van der Waals surface area (Å²) in [4.78, 5) is 2.64. The Balaban J connectivity index is 1.16. The van der Waals surface area contributed by atoms with Crippen LogP contribution in [0.4, 0.5) is 17.1 Å². The van der Waals surface area contributed by atoms with E-state index in [-0.39, 0.29) is 28.4 Å². The molecule has 3 nitrogen and oxygen atoms in total. The molecule has 0 saturated heterocycles. The van der Waals surface area contributed by atoms with Gasteiger partial charge in [0.2, 0.25) is 0 Å². The van der Waals surface area contributed by atoms with Crippen molar-refractivity contribution in [1.29, 1.82) is 0 Å². The van der Waals surface area contributed by atoms with E-state index in [1.54, 1.807) is 0 Å². The molecular formula is C83H88BN3. The molecule has 0 fully saturated rings. The maximum atomic E-state index is 2.82. The molecule has 11 aromatic rings. The van der Waals surface area contributed by atoms with Crippen LogP contribution in [0.1, 0.15) is 229 Å². The molecule has 9 aromatic carbocycles. The van der Waals surface area contributed by atoms with E-state index in [9.17, 15) is 0 Å². The molecular weight excluding hydrogens is 1050 g/mol. The van der Waals surface area contributed by atoms with Crippen LogP contribution in [0.3, 0.4) is 0 Å². The highest BCUT2D eigenvalue weighted by Gasteiger charge is 2.55. The van der Waals surface area contributed by atoms with Gasteiger partial charge in [-0.3, -0.25) is 0 Å². The van der Waals surface area contributed by atoms with Crippen molar-refractivity contribution in [2.24, 2.45) is 0 Å². The van der Waals surface area contributed by atoms with Crippen LogP contribution in [0.25, 0.3) is 66.1 Å². The number of hydrogen-bond donors (Lipinski definition) is 0. The van der Waals surface area contributed by atoms with Gasteiger partial charge in [0.15, 0.2) is 0 Å². The molecule has 1 spiro atoms. The van der Waals surface area contributed by atoms with Crippen LogP contribution < -0.4 is 21.3 Å². The van der Waals surface area contributed by atoms with Crippen molar-refractivity contribution in [3.8, 4) is 22.5 Å². The van der Waals surface area contributed by atoms with Crippen molar-refractivity contribution >= 4 is 83.8 Å². The first-order chi connectivity index (χ1) is 41.0. The summed E-state index contributed by atoms with van der Waals surface area (Å²) >= 11 is 0. The van der Waals surface area contributed by atoms with Gasteiger partial charge >= 0.3 is 0 Å². The summed E-state index contributed by atoms with van der Waals surface area (Å²) < 4.78 is 5.56. The molecule has 0 unspecified atom stereocenters. The maximum Gasteiger partial charge on any atom is 0.252 e. The molecule has 87 heavy (non-hydrogen) atoms. The fourth-order valence-corrected chi connectivity index (χ4v) is 16.1. The highest BCUT2D eigenvalue weighted by molar-refractivity contribution is 7.00. The predicted molar refractivity (Wildman–Crippen MR) is 376 cm³/mol. The van der Waals surface area contributed by atoms with Gasteiger partial charge in [-0.15, -0.1) is 0 Å². The van der Waals surface area contributed by atoms with Gasteiger partial charge in [0.25, 0.3) is 6.71 Å². The molecule has 0 saturated carbocycles. The Bertz CT molecular complexity index is 4710. The third-order valence-corrected chi connectivity index (χ3v) is 21.2. The normalized spacial score (nSPS) is 14.7. The predicted octanol–water partition coefficient (Wildman–Crippen LogP) is 20.9. The monoisotopic (exact) mass is 1140 g/mol. The standard InChI is InChI=1S/C83H88BN3/c1-45(2)49-22-21-23-57(35-49)85(58-36-51(47(5)6)34-52(37-58)48(7)8)71-33-30-68-78-73(71)63-38-50(46(3)4)24-31-70(63)86(78)72-32-29-64-77-74(72)84(68)69-44-56(82(18,19)20)40-62-61-39-55(81(15,16)17)43-67(75(61)87(77)76(62)69)83(64)65-41-53(79(9,10)11)25-27-59(65)60-28-26-54(42-66(60)83)80(12,13)14/h21-48H,1-20H3. The third-order valence-electron chi connectivity index (χ3n) is 21.2. The molecule has 3 aliphatic heterocycles. The minimum Gasteiger partial charge on any atom is -0.310 e. The summed E-state index contributed by atoms with van der Waals surface area (Å²) in [6.45, 7) is 47.6. The zero-order valence-electron chi connectivity index (χ0n) is 55.6. The Kier molecular flexibility index (Phi) is 11.8. The van der Waals surface area contributed by atoms with E-state index in [1.165, 1.54) is 166 Å². The molecule has 0 atom stereocenters. The molecule has 15 rings (SSSR count). The van der Waals surface area contributed by atoms with E-state index in [2.05, 4.69) is 298 Å². The van der Waals surface area contributed by atoms with E-state index in [0.29, 0.717) is 23.7 Å². The highest BCUT2D eigenvalue weighted by atomic mass is 15.2. The van der Waals surface area contributed by atoms with Crippen molar-refractivity contribution in [2.75, 3.05) is 4.90 Å². The van der Waals surface area contributed by atoms with Gasteiger partial charge in [-0.05, 0) is 200 Å². The Morgan fingerprint density at radius 1 is 0.391 bits per heavy atom. The molecule has 0 amide bonds. The van der Waals surface area contributed by atoms with Crippen molar-refractivity contribution in [2.45, 2.75) is 189 Å². The molecule has 438 valence electrons. The lowest BCUT2D eigenvalue weighted by atomic mass is 9.33. The average Bonchev–Trinajstić information content (AvgIpc) is 1.55. The van der Waals surface area contributed by atoms with Crippen LogP contribution in [0.5, 0.6) is 0 Å². The van der Waals surface area contributed by atoms with Crippen LogP contribution in [0, 0.1) is 0 Å². The van der Waals surface area contributed by atoms with Gasteiger partial charge in [-0.2, -0.15) is 0 Å².